The van der Waals surface area contributed by atoms with E-state index in [2.05, 4.69) is 17.3 Å². The minimum atomic E-state index is -3.63. The van der Waals surface area contributed by atoms with Gasteiger partial charge in [-0.3, -0.25) is 4.79 Å². The Kier molecular flexibility index (Phi) is 6.85. The van der Waals surface area contributed by atoms with Gasteiger partial charge in [-0.15, -0.1) is 0 Å². The van der Waals surface area contributed by atoms with Crippen molar-refractivity contribution in [2.24, 2.45) is 0 Å². The van der Waals surface area contributed by atoms with Crippen molar-refractivity contribution in [1.82, 2.24) is 14.5 Å². The van der Waals surface area contributed by atoms with Gasteiger partial charge in [-0.05, 0) is 51.2 Å². The molecule has 0 atom stereocenters. The summed E-state index contributed by atoms with van der Waals surface area (Å²) in [5.41, 5.74) is 0.203. The van der Waals surface area contributed by atoms with Crippen molar-refractivity contribution in [3.8, 4) is 0 Å². The number of piperidine rings is 1. The molecule has 1 aromatic rings. The fraction of sp³-hybridized carbons (Fsp3) is 0.588. The van der Waals surface area contributed by atoms with Crippen LogP contribution < -0.4 is 5.32 Å². The van der Waals surface area contributed by atoms with Crippen LogP contribution in [0.2, 0.25) is 5.02 Å². The fourth-order valence-electron chi connectivity index (χ4n) is 2.97. The predicted molar refractivity (Wildman–Crippen MR) is 99.5 cm³/mol. The maximum absolute atomic E-state index is 12.7. The number of rotatable bonds is 6. The fourth-order valence-corrected chi connectivity index (χ4v) is 4.66. The van der Waals surface area contributed by atoms with Gasteiger partial charge in [-0.25, -0.2) is 8.42 Å². The molecule has 0 aromatic heterocycles. The molecule has 1 aromatic carbocycles. The topological polar surface area (TPSA) is 69.7 Å². The van der Waals surface area contributed by atoms with E-state index in [1.165, 1.54) is 22.5 Å². The summed E-state index contributed by atoms with van der Waals surface area (Å²) >= 11 is 6.15. The lowest BCUT2D eigenvalue weighted by Crippen LogP contribution is -2.43. The summed E-state index contributed by atoms with van der Waals surface area (Å²) in [6.45, 7) is 6.16. The molecular formula is C17H26ClN3O3S. The van der Waals surface area contributed by atoms with E-state index in [0.29, 0.717) is 13.1 Å². The Labute approximate surface area is 155 Å². The molecule has 1 aliphatic heterocycles. The third-order valence-corrected chi connectivity index (χ3v) is 6.95. The highest BCUT2D eigenvalue weighted by molar-refractivity contribution is 7.89. The van der Waals surface area contributed by atoms with E-state index in [0.717, 1.165) is 25.9 Å². The summed E-state index contributed by atoms with van der Waals surface area (Å²) in [5, 5.41) is 3.23. The smallest absolute Gasteiger partial charge is 0.253 e. The molecule has 1 saturated heterocycles. The van der Waals surface area contributed by atoms with Crippen molar-refractivity contribution < 1.29 is 13.2 Å². The zero-order chi connectivity index (χ0) is 18.6. The molecule has 0 bridgehead atoms. The van der Waals surface area contributed by atoms with E-state index in [1.54, 1.807) is 13.8 Å². The molecule has 1 N–H and O–H groups in total. The lowest BCUT2D eigenvalue weighted by atomic mass is 10.0. The van der Waals surface area contributed by atoms with Gasteiger partial charge in [-0.2, -0.15) is 4.31 Å². The molecule has 0 unspecified atom stereocenters. The molecular weight excluding hydrogens is 362 g/mol. The highest BCUT2D eigenvalue weighted by Gasteiger charge is 2.25. The Bertz CT molecular complexity index is 712. The number of sulfonamides is 1. The first-order valence-electron chi connectivity index (χ1n) is 8.58. The van der Waals surface area contributed by atoms with Crippen LogP contribution in [-0.2, 0) is 10.0 Å². The summed E-state index contributed by atoms with van der Waals surface area (Å²) < 4.78 is 26.7. The SMILES string of the molecule is CCN(CC)S(=O)(=O)c1ccc(Cl)c(C(=O)NC2CCN(C)CC2)c1. The minimum absolute atomic E-state index is 0.0859. The van der Waals surface area contributed by atoms with E-state index in [1.807, 2.05) is 0 Å². The van der Waals surface area contributed by atoms with Crippen LogP contribution in [0.25, 0.3) is 0 Å². The number of nitrogens with zero attached hydrogens (tertiary/aromatic N) is 2. The van der Waals surface area contributed by atoms with Crippen molar-refractivity contribution in [2.45, 2.75) is 37.6 Å². The second-order valence-electron chi connectivity index (χ2n) is 6.28. The molecule has 140 valence electrons. The molecule has 25 heavy (non-hydrogen) atoms. The first kappa shape index (κ1) is 20.2. The van der Waals surface area contributed by atoms with Crippen molar-refractivity contribution in [1.29, 1.82) is 0 Å². The van der Waals surface area contributed by atoms with Crippen LogP contribution in [0.3, 0.4) is 0 Å². The summed E-state index contributed by atoms with van der Waals surface area (Å²) in [7, 11) is -1.57. The van der Waals surface area contributed by atoms with Crippen LogP contribution in [0.5, 0.6) is 0 Å². The highest BCUT2D eigenvalue weighted by atomic mass is 35.5. The average Bonchev–Trinajstić information content (AvgIpc) is 2.58. The van der Waals surface area contributed by atoms with E-state index < -0.39 is 10.0 Å². The number of hydrogen-bond donors (Lipinski definition) is 1. The molecule has 1 amide bonds. The Morgan fingerprint density at radius 1 is 1.28 bits per heavy atom. The van der Waals surface area contributed by atoms with Crippen LogP contribution in [0.4, 0.5) is 0 Å². The van der Waals surface area contributed by atoms with E-state index >= 15 is 0 Å². The zero-order valence-electron chi connectivity index (χ0n) is 15.0. The largest absolute Gasteiger partial charge is 0.349 e. The number of amides is 1. The van der Waals surface area contributed by atoms with Crippen LogP contribution in [0.15, 0.2) is 23.1 Å². The summed E-state index contributed by atoms with van der Waals surface area (Å²) in [4.78, 5) is 14.9. The molecule has 2 rings (SSSR count). The van der Waals surface area contributed by atoms with Gasteiger partial charge in [0.25, 0.3) is 5.91 Å². The van der Waals surface area contributed by atoms with E-state index in [4.69, 9.17) is 11.6 Å². The minimum Gasteiger partial charge on any atom is -0.349 e. The predicted octanol–water partition coefficient (Wildman–Crippen LogP) is 2.19. The third kappa shape index (κ3) is 4.73. The molecule has 1 heterocycles. The normalized spacial score (nSPS) is 17.0. The molecule has 1 fully saturated rings. The number of hydrogen-bond acceptors (Lipinski definition) is 4. The van der Waals surface area contributed by atoms with Gasteiger partial charge in [0.1, 0.15) is 0 Å². The number of benzene rings is 1. The molecule has 0 aliphatic carbocycles. The molecule has 0 spiro atoms. The zero-order valence-corrected chi connectivity index (χ0v) is 16.5. The lowest BCUT2D eigenvalue weighted by molar-refractivity contribution is 0.0917. The van der Waals surface area contributed by atoms with Crippen molar-refractivity contribution >= 4 is 27.5 Å². The second kappa shape index (κ2) is 8.49. The number of nitrogens with one attached hydrogen (secondary N) is 1. The Morgan fingerprint density at radius 3 is 2.44 bits per heavy atom. The van der Waals surface area contributed by atoms with E-state index in [-0.39, 0.29) is 27.4 Å². The van der Waals surface area contributed by atoms with Gasteiger partial charge in [-0.1, -0.05) is 25.4 Å². The monoisotopic (exact) mass is 387 g/mol. The molecule has 1 aliphatic rings. The summed E-state index contributed by atoms with van der Waals surface area (Å²) in [5.74, 6) is -0.323. The highest BCUT2D eigenvalue weighted by Crippen LogP contribution is 2.23. The third-order valence-electron chi connectivity index (χ3n) is 4.58. The summed E-state index contributed by atoms with van der Waals surface area (Å²) in [6.07, 6.45) is 1.74. The Morgan fingerprint density at radius 2 is 1.88 bits per heavy atom. The van der Waals surface area contributed by atoms with Gasteiger partial charge >= 0.3 is 0 Å². The van der Waals surface area contributed by atoms with Crippen LogP contribution >= 0.6 is 11.6 Å². The molecule has 0 radical (unpaired) electrons. The van der Waals surface area contributed by atoms with Gasteiger partial charge in [0, 0.05) is 19.1 Å². The first-order chi connectivity index (χ1) is 11.8. The van der Waals surface area contributed by atoms with Crippen molar-refractivity contribution in [2.75, 3.05) is 33.2 Å². The first-order valence-corrected chi connectivity index (χ1v) is 10.4. The number of carbonyl (C=O) groups is 1. The number of carbonyl (C=O) groups excluding carboxylic acids is 1. The molecule has 6 nitrogen and oxygen atoms in total. The van der Waals surface area contributed by atoms with Gasteiger partial charge < -0.3 is 10.2 Å². The molecule has 0 saturated carbocycles. The van der Waals surface area contributed by atoms with Crippen LogP contribution in [0.1, 0.15) is 37.0 Å². The standard InChI is InChI=1S/C17H26ClN3O3S/c1-4-21(5-2)25(23,24)14-6-7-16(18)15(12-14)17(22)19-13-8-10-20(3)11-9-13/h6-7,12-13H,4-5,8-11H2,1-3H3,(H,19,22). The van der Waals surface area contributed by atoms with Crippen molar-refractivity contribution in [3.63, 3.8) is 0 Å². The lowest BCUT2D eigenvalue weighted by Gasteiger charge is -2.29. The van der Waals surface area contributed by atoms with Crippen molar-refractivity contribution in [3.05, 3.63) is 28.8 Å². The summed E-state index contributed by atoms with van der Waals surface area (Å²) in [6, 6.07) is 4.38. The maximum atomic E-state index is 12.7. The quantitative estimate of drug-likeness (QED) is 0.812. The Hall–Kier alpha value is -1.15. The van der Waals surface area contributed by atoms with Crippen LogP contribution in [-0.4, -0.2) is 62.8 Å². The Balaban J connectivity index is 2.22. The van der Waals surface area contributed by atoms with Gasteiger partial charge in [0.15, 0.2) is 0 Å². The average molecular weight is 388 g/mol. The number of halogens is 1. The number of likely N-dealkylation sites (tertiary alicyclic amines) is 1. The maximum Gasteiger partial charge on any atom is 0.253 e. The second-order valence-corrected chi connectivity index (χ2v) is 8.63. The molecule has 8 heteroatoms. The van der Waals surface area contributed by atoms with Gasteiger partial charge in [0.2, 0.25) is 10.0 Å². The van der Waals surface area contributed by atoms with Gasteiger partial charge in [0.05, 0.1) is 15.5 Å². The van der Waals surface area contributed by atoms with Crippen LogP contribution in [0, 0.1) is 0 Å². The van der Waals surface area contributed by atoms with E-state index in [9.17, 15) is 13.2 Å².